The molecule has 0 bridgehead atoms. The van der Waals surface area contributed by atoms with Crippen molar-refractivity contribution in [2.45, 2.75) is 19.8 Å². The Kier molecular flexibility index (Phi) is 5.04. The Labute approximate surface area is 120 Å². The van der Waals surface area contributed by atoms with E-state index in [2.05, 4.69) is 12.2 Å². The van der Waals surface area contributed by atoms with Crippen LogP contribution in [0, 0.1) is 5.92 Å². The van der Waals surface area contributed by atoms with Gasteiger partial charge in [0.05, 0.1) is 7.11 Å². The van der Waals surface area contributed by atoms with Crippen molar-refractivity contribution in [3.05, 3.63) is 36.0 Å². The maximum absolute atomic E-state index is 12.0. The summed E-state index contributed by atoms with van der Waals surface area (Å²) in [5, 5.41) is 2.82. The first-order chi connectivity index (χ1) is 9.69. The van der Waals surface area contributed by atoms with E-state index in [1.807, 2.05) is 35.2 Å². The molecule has 1 aromatic carbocycles. The Hall–Kier alpha value is -1.97. The van der Waals surface area contributed by atoms with Crippen LogP contribution in [-0.2, 0) is 0 Å². The first-order valence-electron chi connectivity index (χ1n) is 7.05. The molecule has 4 heteroatoms. The standard InChI is InChI=1S/C16H22N2O2/c1-13-7-10-18(11-8-13)16(19)17-9-6-14-4-3-5-15(12-14)20-2/h3-6,9,12-13H,7-8,10-11H2,1-2H3,(H,17,19)/b9-6+. The van der Waals surface area contributed by atoms with Crippen LogP contribution >= 0.6 is 0 Å². The molecule has 0 aliphatic carbocycles. The molecule has 1 fully saturated rings. The molecular formula is C16H22N2O2. The molecule has 1 N–H and O–H groups in total. The second-order valence-corrected chi connectivity index (χ2v) is 5.23. The quantitative estimate of drug-likeness (QED) is 0.920. The number of nitrogens with one attached hydrogen (secondary N) is 1. The number of hydrogen-bond donors (Lipinski definition) is 1. The number of ether oxygens (including phenoxy) is 1. The highest BCUT2D eigenvalue weighted by Gasteiger charge is 2.19. The minimum atomic E-state index is -0.0175. The number of benzene rings is 1. The molecule has 0 radical (unpaired) electrons. The number of rotatable bonds is 3. The molecular weight excluding hydrogens is 252 g/mol. The number of piperidine rings is 1. The lowest BCUT2D eigenvalue weighted by Gasteiger charge is -2.29. The van der Waals surface area contributed by atoms with E-state index in [4.69, 9.17) is 4.74 Å². The molecule has 1 aromatic rings. The van der Waals surface area contributed by atoms with Gasteiger partial charge in [0.1, 0.15) is 5.75 Å². The zero-order valence-electron chi connectivity index (χ0n) is 12.1. The van der Waals surface area contributed by atoms with Crippen LogP contribution in [0.1, 0.15) is 25.3 Å². The molecule has 1 aliphatic heterocycles. The van der Waals surface area contributed by atoms with E-state index in [1.165, 1.54) is 0 Å². The van der Waals surface area contributed by atoms with Crippen molar-refractivity contribution in [3.63, 3.8) is 0 Å². The summed E-state index contributed by atoms with van der Waals surface area (Å²) < 4.78 is 5.16. The SMILES string of the molecule is COc1cccc(/C=C/NC(=O)N2CCC(C)CC2)c1. The molecule has 0 aromatic heterocycles. The largest absolute Gasteiger partial charge is 0.497 e. The molecule has 0 atom stereocenters. The molecule has 1 heterocycles. The third-order valence-corrected chi connectivity index (χ3v) is 3.65. The lowest BCUT2D eigenvalue weighted by molar-refractivity contribution is 0.177. The van der Waals surface area contributed by atoms with Gasteiger partial charge in [-0.2, -0.15) is 0 Å². The third kappa shape index (κ3) is 4.02. The summed E-state index contributed by atoms with van der Waals surface area (Å²) in [4.78, 5) is 13.8. The fourth-order valence-corrected chi connectivity index (χ4v) is 2.26. The van der Waals surface area contributed by atoms with Gasteiger partial charge in [0, 0.05) is 19.3 Å². The maximum Gasteiger partial charge on any atom is 0.321 e. The fourth-order valence-electron chi connectivity index (χ4n) is 2.26. The lowest BCUT2D eigenvalue weighted by atomic mass is 10.00. The molecule has 0 unspecified atom stereocenters. The number of amides is 2. The van der Waals surface area contributed by atoms with Crippen molar-refractivity contribution in [2.75, 3.05) is 20.2 Å². The predicted octanol–water partition coefficient (Wildman–Crippen LogP) is 3.11. The number of methoxy groups -OCH3 is 1. The van der Waals surface area contributed by atoms with Crippen LogP contribution in [0.4, 0.5) is 4.79 Å². The van der Waals surface area contributed by atoms with Gasteiger partial charge in [-0.1, -0.05) is 19.1 Å². The highest BCUT2D eigenvalue weighted by atomic mass is 16.5. The molecule has 2 amide bonds. The average Bonchev–Trinajstić information content (AvgIpc) is 2.48. The Balaban J connectivity index is 1.84. The number of nitrogens with zero attached hydrogens (tertiary/aromatic N) is 1. The Morgan fingerprint density at radius 2 is 2.15 bits per heavy atom. The van der Waals surface area contributed by atoms with E-state index in [1.54, 1.807) is 13.3 Å². The van der Waals surface area contributed by atoms with E-state index in [0.29, 0.717) is 0 Å². The topological polar surface area (TPSA) is 41.6 Å². The van der Waals surface area contributed by atoms with Gasteiger partial charge in [0.2, 0.25) is 0 Å². The second kappa shape index (κ2) is 6.98. The molecule has 2 rings (SSSR count). The van der Waals surface area contributed by atoms with Crippen molar-refractivity contribution >= 4 is 12.1 Å². The van der Waals surface area contributed by atoms with Gasteiger partial charge in [0.15, 0.2) is 0 Å². The summed E-state index contributed by atoms with van der Waals surface area (Å²) in [5.74, 6) is 1.54. The van der Waals surface area contributed by atoms with E-state index in [0.717, 1.165) is 43.2 Å². The monoisotopic (exact) mass is 274 g/mol. The summed E-state index contributed by atoms with van der Waals surface area (Å²) in [6.45, 7) is 3.93. The smallest absolute Gasteiger partial charge is 0.321 e. The molecule has 1 saturated heterocycles. The summed E-state index contributed by atoms with van der Waals surface area (Å²) >= 11 is 0. The highest BCUT2D eigenvalue weighted by Crippen LogP contribution is 2.16. The van der Waals surface area contributed by atoms with Gasteiger partial charge in [-0.25, -0.2) is 4.79 Å². The Morgan fingerprint density at radius 3 is 2.85 bits per heavy atom. The first kappa shape index (κ1) is 14.4. The van der Waals surface area contributed by atoms with Gasteiger partial charge in [-0.05, 0) is 42.5 Å². The van der Waals surface area contributed by atoms with E-state index >= 15 is 0 Å². The van der Waals surface area contributed by atoms with E-state index < -0.39 is 0 Å². The van der Waals surface area contributed by atoms with Gasteiger partial charge < -0.3 is 15.0 Å². The number of carbonyl (C=O) groups is 1. The van der Waals surface area contributed by atoms with Crippen LogP contribution < -0.4 is 10.1 Å². The van der Waals surface area contributed by atoms with Crippen LogP contribution in [-0.4, -0.2) is 31.1 Å². The molecule has 108 valence electrons. The molecule has 0 saturated carbocycles. The summed E-state index contributed by atoms with van der Waals surface area (Å²) in [6.07, 6.45) is 5.74. The highest BCUT2D eigenvalue weighted by molar-refractivity contribution is 5.76. The van der Waals surface area contributed by atoms with E-state index in [-0.39, 0.29) is 6.03 Å². The first-order valence-corrected chi connectivity index (χ1v) is 7.05. The van der Waals surface area contributed by atoms with Crippen molar-refractivity contribution in [1.29, 1.82) is 0 Å². The van der Waals surface area contributed by atoms with Gasteiger partial charge in [-0.3, -0.25) is 0 Å². The van der Waals surface area contributed by atoms with Crippen molar-refractivity contribution in [3.8, 4) is 5.75 Å². The minimum absolute atomic E-state index is 0.0175. The lowest BCUT2D eigenvalue weighted by Crippen LogP contribution is -2.42. The van der Waals surface area contributed by atoms with Crippen molar-refractivity contribution < 1.29 is 9.53 Å². The molecule has 20 heavy (non-hydrogen) atoms. The summed E-state index contributed by atoms with van der Waals surface area (Å²) in [5.41, 5.74) is 0.997. The van der Waals surface area contributed by atoms with Gasteiger partial charge >= 0.3 is 6.03 Å². The number of urea groups is 1. The second-order valence-electron chi connectivity index (χ2n) is 5.23. The molecule has 4 nitrogen and oxygen atoms in total. The Morgan fingerprint density at radius 1 is 1.40 bits per heavy atom. The fraction of sp³-hybridized carbons (Fsp3) is 0.438. The zero-order valence-corrected chi connectivity index (χ0v) is 12.1. The summed E-state index contributed by atoms with van der Waals surface area (Å²) in [7, 11) is 1.64. The van der Waals surface area contributed by atoms with Crippen LogP contribution in [0.15, 0.2) is 30.5 Å². The molecule has 1 aliphatic rings. The third-order valence-electron chi connectivity index (χ3n) is 3.65. The van der Waals surface area contributed by atoms with Gasteiger partial charge in [-0.15, -0.1) is 0 Å². The van der Waals surface area contributed by atoms with E-state index in [9.17, 15) is 4.79 Å². The van der Waals surface area contributed by atoms with Crippen molar-refractivity contribution in [2.24, 2.45) is 5.92 Å². The predicted molar refractivity (Wildman–Crippen MR) is 80.5 cm³/mol. The summed E-state index contributed by atoms with van der Waals surface area (Å²) in [6, 6.07) is 7.69. The zero-order chi connectivity index (χ0) is 14.4. The molecule has 0 spiro atoms. The van der Waals surface area contributed by atoms with Gasteiger partial charge in [0.25, 0.3) is 0 Å². The van der Waals surface area contributed by atoms with Crippen LogP contribution in [0.5, 0.6) is 5.75 Å². The normalized spacial score (nSPS) is 16.4. The Bertz CT molecular complexity index is 477. The van der Waals surface area contributed by atoms with Crippen LogP contribution in [0.25, 0.3) is 6.08 Å². The number of carbonyl (C=O) groups excluding carboxylic acids is 1. The average molecular weight is 274 g/mol. The number of hydrogen-bond acceptors (Lipinski definition) is 2. The van der Waals surface area contributed by atoms with Crippen LogP contribution in [0.3, 0.4) is 0 Å². The number of likely N-dealkylation sites (tertiary alicyclic amines) is 1. The van der Waals surface area contributed by atoms with Crippen LogP contribution in [0.2, 0.25) is 0 Å². The van der Waals surface area contributed by atoms with Crippen molar-refractivity contribution in [1.82, 2.24) is 10.2 Å². The maximum atomic E-state index is 12.0. The minimum Gasteiger partial charge on any atom is -0.497 e.